The zero-order valence-corrected chi connectivity index (χ0v) is 12.3. The van der Waals surface area contributed by atoms with Crippen molar-refractivity contribution >= 4 is 5.91 Å². The SMILES string of the molecule is CC(C)(O)CN1CCN(C(=O)CCn2ccnc2)CC1. The molecular weight excluding hydrogens is 256 g/mol. The molecular formula is C14H24N4O2. The Morgan fingerprint density at radius 3 is 2.55 bits per heavy atom. The zero-order chi connectivity index (χ0) is 14.6. The second kappa shape index (κ2) is 6.37. The van der Waals surface area contributed by atoms with Gasteiger partial charge in [0.15, 0.2) is 0 Å². The normalized spacial score (nSPS) is 17.4. The average molecular weight is 280 g/mol. The minimum Gasteiger partial charge on any atom is -0.389 e. The maximum absolute atomic E-state index is 12.1. The lowest BCUT2D eigenvalue weighted by Crippen LogP contribution is -2.52. The molecule has 0 atom stereocenters. The number of β-amino-alcohol motifs (C(OH)–C–C–N with tert-alkyl or cyclic N) is 1. The van der Waals surface area contributed by atoms with Crippen LogP contribution in [0.25, 0.3) is 0 Å². The highest BCUT2D eigenvalue weighted by molar-refractivity contribution is 5.76. The van der Waals surface area contributed by atoms with Gasteiger partial charge in [0, 0.05) is 58.1 Å². The number of rotatable bonds is 5. The van der Waals surface area contributed by atoms with Crippen molar-refractivity contribution in [2.75, 3.05) is 32.7 Å². The molecule has 1 amide bonds. The number of hydrogen-bond acceptors (Lipinski definition) is 4. The Hall–Kier alpha value is -1.40. The summed E-state index contributed by atoms with van der Waals surface area (Å²) in [4.78, 5) is 20.2. The van der Waals surface area contributed by atoms with Gasteiger partial charge in [-0.2, -0.15) is 0 Å². The Kier molecular flexibility index (Phi) is 4.77. The molecule has 6 nitrogen and oxygen atoms in total. The van der Waals surface area contributed by atoms with E-state index in [1.54, 1.807) is 12.5 Å². The molecule has 112 valence electrons. The first-order chi connectivity index (χ1) is 9.44. The Morgan fingerprint density at radius 1 is 1.30 bits per heavy atom. The fraction of sp³-hybridized carbons (Fsp3) is 0.714. The maximum atomic E-state index is 12.1. The van der Waals surface area contributed by atoms with Gasteiger partial charge >= 0.3 is 0 Å². The van der Waals surface area contributed by atoms with Crippen LogP contribution in [0.15, 0.2) is 18.7 Å². The summed E-state index contributed by atoms with van der Waals surface area (Å²) in [6, 6.07) is 0. The molecule has 6 heteroatoms. The third kappa shape index (κ3) is 4.61. The van der Waals surface area contributed by atoms with Crippen molar-refractivity contribution in [3.63, 3.8) is 0 Å². The van der Waals surface area contributed by atoms with Gasteiger partial charge in [-0.25, -0.2) is 4.98 Å². The number of hydrogen-bond donors (Lipinski definition) is 1. The van der Waals surface area contributed by atoms with Crippen LogP contribution >= 0.6 is 0 Å². The average Bonchev–Trinajstić information content (AvgIpc) is 2.88. The van der Waals surface area contributed by atoms with Crippen LogP contribution in [0.5, 0.6) is 0 Å². The molecule has 1 aromatic rings. The van der Waals surface area contributed by atoms with E-state index in [9.17, 15) is 9.90 Å². The van der Waals surface area contributed by atoms with Crippen LogP contribution in [-0.2, 0) is 11.3 Å². The Balaban J connectivity index is 1.71. The summed E-state index contributed by atoms with van der Waals surface area (Å²) >= 11 is 0. The van der Waals surface area contributed by atoms with Crippen molar-refractivity contribution in [3.05, 3.63) is 18.7 Å². The van der Waals surface area contributed by atoms with E-state index in [4.69, 9.17) is 0 Å². The summed E-state index contributed by atoms with van der Waals surface area (Å²) in [5.74, 6) is 0.196. The molecule has 1 aliphatic rings. The third-order valence-electron chi connectivity index (χ3n) is 3.48. The van der Waals surface area contributed by atoms with Crippen LogP contribution in [-0.4, -0.2) is 68.7 Å². The highest BCUT2D eigenvalue weighted by Crippen LogP contribution is 2.09. The first kappa shape index (κ1) is 15.0. The molecule has 1 fully saturated rings. The van der Waals surface area contributed by atoms with Crippen LogP contribution in [0.2, 0.25) is 0 Å². The van der Waals surface area contributed by atoms with Gasteiger partial charge in [-0.15, -0.1) is 0 Å². The molecule has 0 aliphatic carbocycles. The fourth-order valence-electron chi connectivity index (χ4n) is 2.50. The summed E-state index contributed by atoms with van der Waals surface area (Å²) in [6.45, 7) is 8.14. The highest BCUT2D eigenvalue weighted by Gasteiger charge is 2.24. The minimum atomic E-state index is -0.673. The summed E-state index contributed by atoms with van der Waals surface area (Å²) in [5, 5.41) is 9.80. The Morgan fingerprint density at radius 2 is 2.00 bits per heavy atom. The molecule has 0 radical (unpaired) electrons. The number of imidazole rings is 1. The van der Waals surface area contributed by atoms with Gasteiger partial charge in [-0.1, -0.05) is 0 Å². The van der Waals surface area contributed by atoms with Gasteiger partial charge in [0.2, 0.25) is 5.91 Å². The van der Waals surface area contributed by atoms with Gasteiger partial charge in [0.1, 0.15) is 0 Å². The van der Waals surface area contributed by atoms with Gasteiger partial charge < -0.3 is 14.6 Å². The summed E-state index contributed by atoms with van der Waals surface area (Å²) in [6.07, 6.45) is 5.84. The molecule has 0 unspecified atom stereocenters. The summed E-state index contributed by atoms with van der Waals surface area (Å²) < 4.78 is 1.92. The standard InChI is InChI=1S/C14H24N4O2/c1-14(2,20)11-16-7-9-18(10-8-16)13(19)3-5-17-6-4-15-12-17/h4,6,12,20H,3,5,7-11H2,1-2H3. The molecule has 20 heavy (non-hydrogen) atoms. The number of carbonyl (C=O) groups is 1. The molecule has 1 aliphatic heterocycles. The first-order valence-electron chi connectivity index (χ1n) is 7.12. The second-order valence-corrected chi connectivity index (χ2v) is 6.02. The zero-order valence-electron chi connectivity index (χ0n) is 12.3. The quantitative estimate of drug-likeness (QED) is 0.836. The molecule has 2 heterocycles. The van der Waals surface area contributed by atoms with Crippen LogP contribution in [0.1, 0.15) is 20.3 Å². The van der Waals surface area contributed by atoms with E-state index in [2.05, 4.69) is 9.88 Å². The van der Waals surface area contributed by atoms with Crippen LogP contribution < -0.4 is 0 Å². The highest BCUT2D eigenvalue weighted by atomic mass is 16.3. The Labute approximate surface area is 120 Å². The van der Waals surface area contributed by atoms with Gasteiger partial charge in [-0.05, 0) is 13.8 Å². The number of amides is 1. The van der Waals surface area contributed by atoms with E-state index >= 15 is 0 Å². The van der Waals surface area contributed by atoms with E-state index in [-0.39, 0.29) is 5.91 Å². The molecule has 0 spiro atoms. The molecule has 2 rings (SSSR count). The van der Waals surface area contributed by atoms with Crippen molar-refractivity contribution in [2.24, 2.45) is 0 Å². The number of carbonyl (C=O) groups excluding carboxylic acids is 1. The van der Waals surface area contributed by atoms with Crippen LogP contribution in [0.4, 0.5) is 0 Å². The van der Waals surface area contributed by atoms with E-state index in [0.717, 1.165) is 26.2 Å². The number of aliphatic hydroxyl groups is 1. The van der Waals surface area contributed by atoms with Crippen molar-refractivity contribution in [2.45, 2.75) is 32.4 Å². The van der Waals surface area contributed by atoms with Crippen molar-refractivity contribution in [1.29, 1.82) is 0 Å². The van der Waals surface area contributed by atoms with Crippen LogP contribution in [0.3, 0.4) is 0 Å². The molecule has 1 saturated heterocycles. The van der Waals surface area contributed by atoms with Gasteiger partial charge in [-0.3, -0.25) is 9.69 Å². The van der Waals surface area contributed by atoms with Crippen molar-refractivity contribution < 1.29 is 9.90 Å². The summed E-state index contributed by atoms with van der Waals surface area (Å²) in [7, 11) is 0. The topological polar surface area (TPSA) is 61.6 Å². The van der Waals surface area contributed by atoms with E-state index < -0.39 is 5.60 Å². The minimum absolute atomic E-state index is 0.196. The number of nitrogens with zero attached hydrogens (tertiary/aromatic N) is 4. The maximum Gasteiger partial charge on any atom is 0.224 e. The van der Waals surface area contributed by atoms with E-state index in [0.29, 0.717) is 19.5 Å². The predicted octanol–water partition coefficient (Wildman–Crippen LogP) is 0.188. The third-order valence-corrected chi connectivity index (χ3v) is 3.48. The summed E-state index contributed by atoms with van der Waals surface area (Å²) in [5.41, 5.74) is -0.673. The van der Waals surface area contributed by atoms with Crippen molar-refractivity contribution in [1.82, 2.24) is 19.4 Å². The number of aromatic nitrogens is 2. The van der Waals surface area contributed by atoms with Gasteiger partial charge in [0.05, 0.1) is 11.9 Å². The first-order valence-corrected chi connectivity index (χ1v) is 7.12. The molecule has 0 saturated carbocycles. The second-order valence-electron chi connectivity index (χ2n) is 6.02. The predicted molar refractivity (Wildman–Crippen MR) is 76.2 cm³/mol. The largest absolute Gasteiger partial charge is 0.389 e. The lowest BCUT2D eigenvalue weighted by molar-refractivity contribution is -0.133. The van der Waals surface area contributed by atoms with Gasteiger partial charge in [0.25, 0.3) is 0 Å². The lowest BCUT2D eigenvalue weighted by Gasteiger charge is -2.37. The number of piperazine rings is 1. The Bertz CT molecular complexity index is 417. The van der Waals surface area contributed by atoms with E-state index in [1.165, 1.54) is 0 Å². The molecule has 0 aromatic carbocycles. The van der Waals surface area contributed by atoms with Crippen LogP contribution in [0, 0.1) is 0 Å². The monoisotopic (exact) mass is 280 g/mol. The molecule has 1 aromatic heterocycles. The lowest BCUT2D eigenvalue weighted by atomic mass is 10.1. The molecule has 1 N–H and O–H groups in total. The molecule has 0 bridgehead atoms. The smallest absolute Gasteiger partial charge is 0.224 e. The van der Waals surface area contributed by atoms with E-state index in [1.807, 2.05) is 29.5 Å². The number of aryl methyl sites for hydroxylation is 1. The van der Waals surface area contributed by atoms with Crippen molar-refractivity contribution in [3.8, 4) is 0 Å². The fourth-order valence-corrected chi connectivity index (χ4v) is 2.50.